The zero-order valence-corrected chi connectivity index (χ0v) is 15.1. The Morgan fingerprint density at radius 3 is 2.75 bits per heavy atom. The van der Waals surface area contributed by atoms with Crippen molar-refractivity contribution in [3.63, 3.8) is 0 Å². The Kier molecular flexibility index (Phi) is 6.47. The minimum Gasteiger partial charge on any atom is -0.493 e. The second-order valence-electron chi connectivity index (χ2n) is 6.05. The lowest BCUT2D eigenvalue weighted by Gasteiger charge is -2.22. The monoisotopic (exact) mass is 328 g/mol. The van der Waals surface area contributed by atoms with Crippen molar-refractivity contribution < 1.29 is 9.47 Å². The molecule has 0 saturated carbocycles. The molecule has 0 bridgehead atoms. The van der Waals surface area contributed by atoms with Crippen LogP contribution in [0.2, 0.25) is 0 Å². The molecule has 4 heteroatoms. The summed E-state index contributed by atoms with van der Waals surface area (Å²) in [4.78, 5) is 4.12. The van der Waals surface area contributed by atoms with Crippen LogP contribution in [0.5, 0.6) is 11.5 Å². The maximum absolute atomic E-state index is 5.92. The molecule has 0 fully saturated rings. The summed E-state index contributed by atoms with van der Waals surface area (Å²) in [6.07, 6.45) is 3.99. The lowest BCUT2D eigenvalue weighted by atomic mass is 9.98. The highest BCUT2D eigenvalue weighted by Gasteiger charge is 2.20. The van der Waals surface area contributed by atoms with Gasteiger partial charge in [0.2, 0.25) is 0 Å². The summed E-state index contributed by atoms with van der Waals surface area (Å²) >= 11 is 0. The van der Waals surface area contributed by atoms with Gasteiger partial charge in [-0.05, 0) is 42.5 Å². The van der Waals surface area contributed by atoms with E-state index in [1.165, 1.54) is 6.42 Å². The number of anilines is 1. The second-order valence-corrected chi connectivity index (χ2v) is 6.05. The van der Waals surface area contributed by atoms with Gasteiger partial charge in [-0.1, -0.05) is 27.7 Å². The van der Waals surface area contributed by atoms with Crippen LogP contribution in [0.15, 0.2) is 30.5 Å². The average molecular weight is 328 g/mol. The molecule has 0 unspecified atom stereocenters. The van der Waals surface area contributed by atoms with Crippen molar-refractivity contribution in [2.75, 3.05) is 12.3 Å². The van der Waals surface area contributed by atoms with Crippen LogP contribution in [-0.2, 0) is 6.61 Å². The number of benzene rings is 1. The van der Waals surface area contributed by atoms with Gasteiger partial charge in [0, 0.05) is 23.4 Å². The third kappa shape index (κ3) is 4.19. The van der Waals surface area contributed by atoms with E-state index in [-0.39, 0.29) is 0 Å². The highest BCUT2D eigenvalue weighted by molar-refractivity contribution is 5.78. The Bertz CT molecular complexity index is 669. The van der Waals surface area contributed by atoms with Gasteiger partial charge in [-0.2, -0.15) is 0 Å². The number of nitrogens with two attached hydrogens (primary N) is 1. The van der Waals surface area contributed by atoms with Crippen LogP contribution in [-0.4, -0.2) is 11.6 Å². The Morgan fingerprint density at radius 2 is 2.00 bits per heavy atom. The maximum atomic E-state index is 5.92. The minimum atomic E-state index is 0.457. The number of fused-ring (bicyclic) bond motifs is 3. The van der Waals surface area contributed by atoms with Crippen molar-refractivity contribution >= 4 is 5.82 Å². The van der Waals surface area contributed by atoms with E-state index in [1.54, 1.807) is 6.20 Å². The number of aromatic nitrogens is 1. The molecule has 4 nitrogen and oxygen atoms in total. The molecule has 1 aromatic carbocycles. The highest BCUT2D eigenvalue weighted by Crippen LogP contribution is 2.40. The number of nitrogens with zero attached hydrogens (tertiary/aromatic N) is 1. The standard InChI is InChI=1S/C18H22N2O2.C2H6/c1-12(2)4-3-9-21-13-5-6-15-14-7-8-20-18(19)16(14)11-22-17(15)10-13;1-2/h5-8,10,12H,3-4,9,11H2,1-2H3,(H2,19,20);1-2H3. The average Bonchev–Trinajstić information content (AvgIpc) is 2.60. The van der Waals surface area contributed by atoms with E-state index in [9.17, 15) is 0 Å². The predicted molar refractivity (Wildman–Crippen MR) is 99.3 cm³/mol. The molecule has 2 aromatic rings. The van der Waals surface area contributed by atoms with E-state index in [0.29, 0.717) is 18.3 Å². The van der Waals surface area contributed by atoms with Gasteiger partial charge in [0.25, 0.3) is 0 Å². The first-order chi connectivity index (χ1) is 11.6. The zero-order valence-electron chi connectivity index (χ0n) is 15.1. The first-order valence-corrected chi connectivity index (χ1v) is 8.78. The topological polar surface area (TPSA) is 57.4 Å². The van der Waals surface area contributed by atoms with Crippen LogP contribution < -0.4 is 15.2 Å². The van der Waals surface area contributed by atoms with Crippen LogP contribution in [0.4, 0.5) is 5.82 Å². The SMILES string of the molecule is CC.CC(C)CCCOc1ccc2c(c1)OCc1c-2ccnc1N. The molecule has 130 valence electrons. The smallest absolute Gasteiger partial charge is 0.131 e. The molecule has 1 aromatic heterocycles. The molecule has 3 rings (SSSR count). The van der Waals surface area contributed by atoms with Gasteiger partial charge in [0.05, 0.1) is 6.61 Å². The molecule has 0 aliphatic carbocycles. The number of ether oxygens (including phenoxy) is 2. The summed E-state index contributed by atoms with van der Waals surface area (Å²) in [6, 6.07) is 7.97. The first kappa shape index (κ1) is 18.1. The summed E-state index contributed by atoms with van der Waals surface area (Å²) in [5.74, 6) is 2.95. The van der Waals surface area contributed by atoms with Crippen LogP contribution in [0.3, 0.4) is 0 Å². The quantitative estimate of drug-likeness (QED) is 0.779. The van der Waals surface area contributed by atoms with E-state index >= 15 is 0 Å². The van der Waals surface area contributed by atoms with Crippen molar-refractivity contribution in [1.82, 2.24) is 4.98 Å². The fourth-order valence-corrected chi connectivity index (χ4v) is 2.68. The van der Waals surface area contributed by atoms with Crippen molar-refractivity contribution in [2.24, 2.45) is 5.92 Å². The highest BCUT2D eigenvalue weighted by atomic mass is 16.5. The third-order valence-corrected chi connectivity index (χ3v) is 3.90. The lowest BCUT2D eigenvalue weighted by Crippen LogP contribution is -2.10. The van der Waals surface area contributed by atoms with Crippen LogP contribution in [0.25, 0.3) is 11.1 Å². The Labute approximate surface area is 145 Å². The number of nitrogen functional groups attached to an aromatic ring is 1. The van der Waals surface area contributed by atoms with E-state index in [1.807, 2.05) is 38.1 Å². The van der Waals surface area contributed by atoms with Gasteiger partial charge in [-0.3, -0.25) is 0 Å². The Balaban J connectivity index is 0.00000100. The van der Waals surface area contributed by atoms with Gasteiger partial charge >= 0.3 is 0 Å². The largest absolute Gasteiger partial charge is 0.493 e. The molecule has 2 N–H and O–H groups in total. The van der Waals surface area contributed by atoms with E-state index in [0.717, 1.165) is 41.2 Å². The van der Waals surface area contributed by atoms with E-state index in [2.05, 4.69) is 18.8 Å². The van der Waals surface area contributed by atoms with Gasteiger partial charge in [-0.25, -0.2) is 4.98 Å². The normalized spacial score (nSPS) is 11.7. The Hall–Kier alpha value is -2.23. The number of hydrogen-bond acceptors (Lipinski definition) is 4. The molecule has 2 heterocycles. The molecule has 0 spiro atoms. The molecule has 0 amide bonds. The van der Waals surface area contributed by atoms with Gasteiger partial charge < -0.3 is 15.2 Å². The fourth-order valence-electron chi connectivity index (χ4n) is 2.68. The van der Waals surface area contributed by atoms with E-state index in [4.69, 9.17) is 15.2 Å². The summed E-state index contributed by atoms with van der Waals surface area (Å²) < 4.78 is 11.6. The maximum Gasteiger partial charge on any atom is 0.131 e. The molecule has 1 aliphatic heterocycles. The molecular weight excluding hydrogens is 300 g/mol. The fraction of sp³-hybridized carbons (Fsp3) is 0.450. The van der Waals surface area contributed by atoms with E-state index < -0.39 is 0 Å². The predicted octanol–water partition coefficient (Wildman–Crippen LogP) is 5.06. The summed E-state index contributed by atoms with van der Waals surface area (Å²) in [5, 5.41) is 0. The molecule has 0 saturated heterocycles. The second kappa shape index (κ2) is 8.57. The lowest BCUT2D eigenvalue weighted by molar-refractivity contribution is 0.285. The van der Waals surface area contributed by atoms with Crippen molar-refractivity contribution in [1.29, 1.82) is 0 Å². The summed E-state index contributed by atoms with van der Waals surface area (Å²) in [7, 11) is 0. The van der Waals surface area contributed by atoms with Crippen LogP contribution in [0, 0.1) is 5.92 Å². The molecule has 24 heavy (non-hydrogen) atoms. The number of pyridine rings is 1. The molecular formula is C20H28N2O2. The van der Waals surface area contributed by atoms with Crippen molar-refractivity contribution in [3.8, 4) is 22.6 Å². The van der Waals surface area contributed by atoms with Crippen LogP contribution >= 0.6 is 0 Å². The summed E-state index contributed by atoms with van der Waals surface area (Å²) in [6.45, 7) is 9.65. The number of hydrogen-bond donors (Lipinski definition) is 1. The van der Waals surface area contributed by atoms with Crippen LogP contribution in [0.1, 0.15) is 46.1 Å². The number of rotatable bonds is 5. The molecule has 1 aliphatic rings. The zero-order chi connectivity index (χ0) is 17.5. The van der Waals surface area contributed by atoms with Gasteiger partial charge in [0.1, 0.15) is 23.9 Å². The first-order valence-electron chi connectivity index (χ1n) is 8.78. The van der Waals surface area contributed by atoms with Crippen molar-refractivity contribution in [2.45, 2.75) is 47.1 Å². The summed E-state index contributed by atoms with van der Waals surface area (Å²) in [5.41, 5.74) is 9.02. The molecule has 0 atom stereocenters. The minimum absolute atomic E-state index is 0.457. The Morgan fingerprint density at radius 1 is 1.21 bits per heavy atom. The van der Waals surface area contributed by atoms with Crippen molar-refractivity contribution in [3.05, 3.63) is 36.0 Å². The van der Waals surface area contributed by atoms with Gasteiger partial charge in [0.15, 0.2) is 0 Å². The van der Waals surface area contributed by atoms with Gasteiger partial charge in [-0.15, -0.1) is 0 Å². The third-order valence-electron chi connectivity index (χ3n) is 3.90. The molecule has 0 radical (unpaired) electrons.